The van der Waals surface area contributed by atoms with Gasteiger partial charge in [-0.1, -0.05) is 26.0 Å². The Bertz CT molecular complexity index is 690. The fraction of sp³-hybridized carbons (Fsp3) is 0.450. The van der Waals surface area contributed by atoms with Crippen LogP contribution in [-0.2, 0) is 6.61 Å². The van der Waals surface area contributed by atoms with Crippen molar-refractivity contribution in [1.29, 1.82) is 0 Å². The van der Waals surface area contributed by atoms with E-state index in [0.29, 0.717) is 24.7 Å². The third kappa shape index (κ3) is 5.64. The first-order valence-corrected chi connectivity index (χ1v) is 8.82. The fourth-order valence-electron chi connectivity index (χ4n) is 2.54. The molecule has 1 amide bonds. The minimum Gasteiger partial charge on any atom is -0.485 e. The fourth-order valence-corrected chi connectivity index (χ4v) is 2.54. The van der Waals surface area contributed by atoms with E-state index in [9.17, 15) is 4.79 Å². The molecule has 0 spiro atoms. The molecule has 0 aliphatic carbocycles. The Hall–Kier alpha value is -2.27. The average molecular weight is 344 g/mol. The predicted molar refractivity (Wildman–Crippen MR) is 99.1 cm³/mol. The first-order chi connectivity index (χ1) is 12.0. The van der Waals surface area contributed by atoms with Crippen molar-refractivity contribution in [2.45, 2.75) is 34.3 Å². The van der Waals surface area contributed by atoms with Crippen LogP contribution in [0.5, 0.6) is 5.75 Å². The molecule has 5 heteroatoms. The van der Waals surface area contributed by atoms with E-state index in [4.69, 9.17) is 9.15 Å². The Balaban J connectivity index is 1.85. The third-order valence-electron chi connectivity index (χ3n) is 4.21. The normalized spacial score (nSPS) is 10.9. The van der Waals surface area contributed by atoms with Crippen LogP contribution in [0.25, 0.3) is 0 Å². The number of hydrogen-bond donors (Lipinski definition) is 1. The third-order valence-corrected chi connectivity index (χ3v) is 4.21. The number of carbonyl (C=O) groups excluding carboxylic acids is 1. The molecule has 0 saturated carbocycles. The molecule has 25 heavy (non-hydrogen) atoms. The minimum atomic E-state index is -0.190. The van der Waals surface area contributed by atoms with Gasteiger partial charge in [0.05, 0.1) is 0 Å². The molecule has 0 saturated heterocycles. The van der Waals surface area contributed by atoms with E-state index in [1.165, 1.54) is 0 Å². The highest BCUT2D eigenvalue weighted by Gasteiger charge is 2.12. The molecule has 0 radical (unpaired) electrons. The van der Waals surface area contributed by atoms with E-state index >= 15 is 0 Å². The molecule has 1 aromatic carbocycles. The number of ether oxygens (including phenoxy) is 1. The smallest absolute Gasteiger partial charge is 0.287 e. The first-order valence-electron chi connectivity index (χ1n) is 8.82. The van der Waals surface area contributed by atoms with Crippen LogP contribution in [0.3, 0.4) is 0 Å². The van der Waals surface area contributed by atoms with Crippen molar-refractivity contribution in [3.8, 4) is 5.75 Å². The molecule has 5 nitrogen and oxygen atoms in total. The second-order valence-corrected chi connectivity index (χ2v) is 6.11. The minimum absolute atomic E-state index is 0.190. The molecular formula is C20H28N2O3. The molecule has 136 valence electrons. The van der Waals surface area contributed by atoms with Gasteiger partial charge in [-0.25, -0.2) is 0 Å². The highest BCUT2D eigenvalue weighted by molar-refractivity contribution is 5.91. The highest BCUT2D eigenvalue weighted by Crippen LogP contribution is 2.21. The highest BCUT2D eigenvalue weighted by atomic mass is 16.5. The number of amides is 1. The summed E-state index contributed by atoms with van der Waals surface area (Å²) in [7, 11) is 0. The van der Waals surface area contributed by atoms with Gasteiger partial charge in [0.25, 0.3) is 5.91 Å². The summed E-state index contributed by atoms with van der Waals surface area (Å²) >= 11 is 0. The number of furan rings is 1. The largest absolute Gasteiger partial charge is 0.485 e. The lowest BCUT2D eigenvalue weighted by molar-refractivity contribution is 0.0917. The van der Waals surface area contributed by atoms with Crippen LogP contribution in [0.1, 0.15) is 41.3 Å². The summed E-state index contributed by atoms with van der Waals surface area (Å²) in [6, 6.07) is 9.55. The second kappa shape index (κ2) is 9.28. The van der Waals surface area contributed by atoms with Crippen LogP contribution in [0.15, 0.2) is 34.7 Å². The molecular weight excluding hydrogens is 316 g/mol. The van der Waals surface area contributed by atoms with Gasteiger partial charge in [-0.3, -0.25) is 4.79 Å². The maximum Gasteiger partial charge on any atom is 0.287 e. The molecule has 0 atom stereocenters. The number of rotatable bonds is 9. The van der Waals surface area contributed by atoms with Crippen molar-refractivity contribution in [3.05, 3.63) is 53.0 Å². The average Bonchev–Trinajstić information content (AvgIpc) is 3.08. The summed E-state index contributed by atoms with van der Waals surface area (Å²) in [5, 5.41) is 2.89. The predicted octanol–water partition coefficient (Wildman–Crippen LogP) is 3.55. The maximum atomic E-state index is 12.1. The van der Waals surface area contributed by atoms with Crippen LogP contribution < -0.4 is 10.1 Å². The summed E-state index contributed by atoms with van der Waals surface area (Å²) in [5.41, 5.74) is 2.22. The summed E-state index contributed by atoms with van der Waals surface area (Å²) in [6.45, 7) is 12.0. The van der Waals surface area contributed by atoms with Crippen LogP contribution in [0.4, 0.5) is 0 Å². The molecule has 1 heterocycles. The van der Waals surface area contributed by atoms with Crippen LogP contribution >= 0.6 is 0 Å². The number of likely N-dealkylation sites (N-methyl/N-ethyl adjacent to an activating group) is 1. The Morgan fingerprint density at radius 3 is 2.64 bits per heavy atom. The van der Waals surface area contributed by atoms with Crippen molar-refractivity contribution in [2.75, 3.05) is 26.2 Å². The number of hydrogen-bond acceptors (Lipinski definition) is 4. The van der Waals surface area contributed by atoms with Gasteiger partial charge >= 0.3 is 0 Å². The van der Waals surface area contributed by atoms with Gasteiger partial charge < -0.3 is 19.4 Å². The number of aryl methyl sites for hydroxylation is 2. The van der Waals surface area contributed by atoms with E-state index in [1.54, 1.807) is 12.1 Å². The molecule has 0 bridgehead atoms. The van der Waals surface area contributed by atoms with E-state index in [0.717, 1.165) is 36.5 Å². The van der Waals surface area contributed by atoms with Gasteiger partial charge in [0.15, 0.2) is 5.76 Å². The second-order valence-electron chi connectivity index (χ2n) is 6.11. The standard InChI is InChI=1S/C20H28N2O3/c1-5-22(6-2)12-11-21-20(23)18-10-9-17(25-18)14-24-19-13-15(3)7-8-16(19)4/h7-10,13H,5-6,11-12,14H2,1-4H3,(H,21,23). The van der Waals surface area contributed by atoms with Gasteiger partial charge in [-0.05, 0) is 56.3 Å². The van der Waals surface area contributed by atoms with Gasteiger partial charge in [0, 0.05) is 13.1 Å². The maximum absolute atomic E-state index is 12.1. The first kappa shape index (κ1) is 19.1. The van der Waals surface area contributed by atoms with E-state index < -0.39 is 0 Å². The molecule has 0 aliphatic heterocycles. The monoisotopic (exact) mass is 344 g/mol. The molecule has 2 aromatic rings. The van der Waals surface area contributed by atoms with Crippen molar-refractivity contribution in [2.24, 2.45) is 0 Å². The quantitative estimate of drug-likeness (QED) is 0.756. The lowest BCUT2D eigenvalue weighted by Crippen LogP contribution is -2.34. The zero-order valence-electron chi connectivity index (χ0n) is 15.6. The van der Waals surface area contributed by atoms with E-state index in [-0.39, 0.29) is 5.91 Å². The molecule has 1 aromatic heterocycles. The molecule has 1 N–H and O–H groups in total. The number of nitrogens with zero attached hydrogens (tertiary/aromatic N) is 1. The Morgan fingerprint density at radius 1 is 1.16 bits per heavy atom. The lowest BCUT2D eigenvalue weighted by Gasteiger charge is -2.17. The zero-order valence-corrected chi connectivity index (χ0v) is 15.6. The van der Waals surface area contributed by atoms with Crippen LogP contribution in [0.2, 0.25) is 0 Å². The van der Waals surface area contributed by atoms with Crippen molar-refractivity contribution >= 4 is 5.91 Å². The summed E-state index contributed by atoms with van der Waals surface area (Å²) < 4.78 is 11.4. The molecule has 0 aliphatic rings. The number of nitrogens with one attached hydrogen (secondary N) is 1. The van der Waals surface area contributed by atoms with E-state index in [2.05, 4.69) is 30.1 Å². The zero-order chi connectivity index (χ0) is 18.2. The summed E-state index contributed by atoms with van der Waals surface area (Å²) in [4.78, 5) is 14.4. The Labute approximate surface area is 150 Å². The number of benzene rings is 1. The molecule has 0 unspecified atom stereocenters. The lowest BCUT2D eigenvalue weighted by atomic mass is 10.1. The van der Waals surface area contributed by atoms with Gasteiger partial charge in [-0.15, -0.1) is 0 Å². The van der Waals surface area contributed by atoms with E-state index in [1.807, 2.05) is 26.0 Å². The Kier molecular flexibility index (Phi) is 7.07. The van der Waals surface area contributed by atoms with Crippen LogP contribution in [-0.4, -0.2) is 37.0 Å². The molecule has 0 fully saturated rings. The van der Waals surface area contributed by atoms with Crippen LogP contribution in [0, 0.1) is 13.8 Å². The summed E-state index contributed by atoms with van der Waals surface area (Å²) in [5.74, 6) is 1.60. The summed E-state index contributed by atoms with van der Waals surface area (Å²) in [6.07, 6.45) is 0. The SMILES string of the molecule is CCN(CC)CCNC(=O)c1ccc(COc2cc(C)ccc2C)o1. The number of carbonyl (C=O) groups is 1. The van der Waals surface area contributed by atoms with Crippen molar-refractivity contribution in [1.82, 2.24) is 10.2 Å². The van der Waals surface area contributed by atoms with Gasteiger partial charge in [0.2, 0.25) is 0 Å². The topological polar surface area (TPSA) is 54.7 Å². The molecule has 2 rings (SSSR count). The van der Waals surface area contributed by atoms with Gasteiger partial charge in [0.1, 0.15) is 18.1 Å². The van der Waals surface area contributed by atoms with Crippen molar-refractivity contribution in [3.63, 3.8) is 0 Å². The Morgan fingerprint density at radius 2 is 1.92 bits per heavy atom. The van der Waals surface area contributed by atoms with Crippen molar-refractivity contribution < 1.29 is 13.9 Å². The van der Waals surface area contributed by atoms with Gasteiger partial charge in [-0.2, -0.15) is 0 Å².